The molecule has 1 aromatic heterocycles. The van der Waals surface area contributed by atoms with Crippen LogP contribution in [0, 0.1) is 29.0 Å². The zero-order valence-corrected chi connectivity index (χ0v) is 19.0. The number of fused-ring (bicyclic) bond motifs is 4. The smallest absolute Gasteiger partial charge is 0.310 e. The van der Waals surface area contributed by atoms with Crippen LogP contribution in [0.4, 0.5) is 4.39 Å². The molecule has 3 aliphatic carbocycles. The van der Waals surface area contributed by atoms with Crippen molar-refractivity contribution in [2.75, 3.05) is 14.2 Å². The third-order valence-corrected chi connectivity index (χ3v) is 7.72. The van der Waals surface area contributed by atoms with Gasteiger partial charge in [0.15, 0.2) is 0 Å². The quantitative estimate of drug-likeness (QED) is 0.516. The lowest BCUT2D eigenvalue weighted by molar-refractivity contribution is -0.160. The number of allylic oxidation sites excluding steroid dienone is 3. The Labute approximate surface area is 192 Å². The van der Waals surface area contributed by atoms with Crippen molar-refractivity contribution in [2.45, 2.75) is 32.6 Å². The van der Waals surface area contributed by atoms with Gasteiger partial charge in [0.2, 0.25) is 0 Å². The molecule has 33 heavy (non-hydrogen) atoms. The van der Waals surface area contributed by atoms with Gasteiger partial charge in [-0.3, -0.25) is 9.59 Å². The maximum atomic E-state index is 13.4. The van der Waals surface area contributed by atoms with Gasteiger partial charge in [-0.05, 0) is 67.5 Å². The molecule has 0 aliphatic heterocycles. The predicted octanol–water partition coefficient (Wildman–Crippen LogP) is 4.28. The highest BCUT2D eigenvalue weighted by molar-refractivity contribution is 5.83. The number of aromatic nitrogens is 2. The van der Waals surface area contributed by atoms with Crippen LogP contribution < -0.4 is 0 Å². The number of carbonyl (C=O) groups excluding carboxylic acids is 2. The molecule has 2 aromatic rings. The molecule has 7 heteroatoms. The Morgan fingerprint density at radius 1 is 1.15 bits per heavy atom. The molecule has 0 N–H and O–H groups in total. The fourth-order valence-electron chi connectivity index (χ4n) is 6.09. The van der Waals surface area contributed by atoms with Gasteiger partial charge in [-0.25, -0.2) is 9.07 Å². The second-order valence-electron chi connectivity index (χ2n) is 9.34. The van der Waals surface area contributed by atoms with E-state index in [2.05, 4.69) is 24.2 Å². The molecule has 0 amide bonds. The Balaban J connectivity index is 1.54. The predicted molar refractivity (Wildman–Crippen MR) is 120 cm³/mol. The van der Waals surface area contributed by atoms with Crippen molar-refractivity contribution in [3.8, 4) is 5.69 Å². The molecule has 0 spiro atoms. The lowest BCUT2D eigenvalue weighted by atomic mass is 9.54. The molecule has 0 radical (unpaired) electrons. The van der Waals surface area contributed by atoms with Gasteiger partial charge in [0, 0.05) is 5.41 Å². The number of ether oxygens (including phenoxy) is 2. The Morgan fingerprint density at radius 2 is 1.88 bits per heavy atom. The largest absolute Gasteiger partial charge is 0.469 e. The summed E-state index contributed by atoms with van der Waals surface area (Å²) in [6.07, 6.45) is 9.02. The summed E-state index contributed by atoms with van der Waals surface area (Å²) >= 11 is 0. The number of methoxy groups -OCH3 is 2. The Morgan fingerprint density at radius 3 is 2.58 bits per heavy atom. The van der Waals surface area contributed by atoms with Crippen LogP contribution in [0.2, 0.25) is 0 Å². The molecule has 0 saturated heterocycles. The second kappa shape index (κ2) is 7.97. The molecule has 1 fully saturated rings. The van der Waals surface area contributed by atoms with Gasteiger partial charge in [-0.15, -0.1) is 0 Å². The molecular formula is C26H27FN2O4. The first-order valence-electron chi connectivity index (χ1n) is 11.3. The maximum Gasteiger partial charge on any atom is 0.310 e. The van der Waals surface area contributed by atoms with Gasteiger partial charge < -0.3 is 9.47 Å². The molecule has 6 nitrogen and oxygen atoms in total. The Hall–Kier alpha value is -3.22. The lowest BCUT2D eigenvalue weighted by Crippen LogP contribution is -2.46. The van der Waals surface area contributed by atoms with Gasteiger partial charge in [-0.2, -0.15) is 5.10 Å². The van der Waals surface area contributed by atoms with Crippen molar-refractivity contribution < 1.29 is 23.5 Å². The zero-order chi connectivity index (χ0) is 23.3. The van der Waals surface area contributed by atoms with Gasteiger partial charge in [0.05, 0.1) is 43.6 Å². The molecule has 1 aromatic carbocycles. The monoisotopic (exact) mass is 450 g/mol. The summed E-state index contributed by atoms with van der Waals surface area (Å²) in [5.74, 6) is -2.11. The maximum absolute atomic E-state index is 13.4. The van der Waals surface area contributed by atoms with Crippen LogP contribution in [0.1, 0.15) is 37.4 Å². The molecule has 1 saturated carbocycles. The van der Waals surface area contributed by atoms with E-state index in [1.165, 1.54) is 37.5 Å². The number of benzene rings is 1. The van der Waals surface area contributed by atoms with Crippen LogP contribution in [-0.2, 0) is 25.5 Å². The minimum Gasteiger partial charge on any atom is -0.469 e. The van der Waals surface area contributed by atoms with E-state index in [9.17, 15) is 14.0 Å². The van der Waals surface area contributed by atoms with E-state index < -0.39 is 11.8 Å². The van der Waals surface area contributed by atoms with E-state index in [0.717, 1.165) is 36.2 Å². The molecule has 3 aliphatic rings. The summed E-state index contributed by atoms with van der Waals surface area (Å²) in [5, 5.41) is 4.59. The van der Waals surface area contributed by atoms with Crippen molar-refractivity contribution >= 4 is 18.0 Å². The molecule has 5 rings (SSSR count). The van der Waals surface area contributed by atoms with E-state index in [0.29, 0.717) is 6.42 Å². The van der Waals surface area contributed by atoms with Crippen LogP contribution in [0.15, 0.2) is 47.7 Å². The van der Waals surface area contributed by atoms with E-state index in [1.807, 2.05) is 10.9 Å². The highest BCUT2D eigenvalue weighted by atomic mass is 19.1. The third-order valence-electron chi connectivity index (χ3n) is 7.72. The summed E-state index contributed by atoms with van der Waals surface area (Å²) in [4.78, 5) is 25.2. The molecule has 172 valence electrons. The Kier molecular flexibility index (Phi) is 5.22. The average Bonchev–Trinajstić information content (AvgIpc) is 3.23. The number of rotatable bonds is 3. The number of esters is 2. The first-order chi connectivity index (χ1) is 15.9. The first-order valence-corrected chi connectivity index (χ1v) is 11.3. The SMILES string of the molecule is COC(=O)[C@@H]1C2CCC3=Cc4c(cnn4-c4ccc(F)cc4)C[C@]3(C)C2=CC[C@H]1C(=O)OC. The van der Waals surface area contributed by atoms with Crippen LogP contribution >= 0.6 is 0 Å². The van der Waals surface area contributed by atoms with Gasteiger partial charge >= 0.3 is 11.9 Å². The zero-order valence-electron chi connectivity index (χ0n) is 19.0. The van der Waals surface area contributed by atoms with Crippen molar-refractivity contribution in [2.24, 2.45) is 23.2 Å². The number of hydrogen-bond donors (Lipinski definition) is 0. The highest BCUT2D eigenvalue weighted by Gasteiger charge is 2.52. The van der Waals surface area contributed by atoms with Crippen LogP contribution in [-0.4, -0.2) is 35.9 Å². The minimum absolute atomic E-state index is 0.0638. The van der Waals surface area contributed by atoms with Crippen molar-refractivity contribution in [1.29, 1.82) is 0 Å². The number of hydrogen-bond acceptors (Lipinski definition) is 5. The molecule has 1 heterocycles. The van der Waals surface area contributed by atoms with Crippen LogP contribution in [0.25, 0.3) is 11.8 Å². The summed E-state index contributed by atoms with van der Waals surface area (Å²) in [6, 6.07) is 6.32. The van der Waals surface area contributed by atoms with E-state index in [4.69, 9.17) is 9.47 Å². The first kappa shape index (κ1) is 21.6. The number of carbonyl (C=O) groups is 2. The van der Waals surface area contributed by atoms with Crippen molar-refractivity contribution in [3.05, 3.63) is 64.8 Å². The summed E-state index contributed by atoms with van der Waals surface area (Å²) in [5.41, 5.74) is 5.19. The molecule has 1 unspecified atom stereocenters. The number of nitrogens with zero attached hydrogens (tertiary/aromatic N) is 2. The molecule has 4 atom stereocenters. The van der Waals surface area contributed by atoms with Gasteiger partial charge in [-0.1, -0.05) is 24.1 Å². The van der Waals surface area contributed by atoms with E-state index >= 15 is 0 Å². The summed E-state index contributed by atoms with van der Waals surface area (Å²) in [6.45, 7) is 2.22. The van der Waals surface area contributed by atoms with E-state index in [1.54, 1.807) is 12.1 Å². The Bertz CT molecular complexity index is 1180. The highest BCUT2D eigenvalue weighted by Crippen LogP contribution is 2.57. The lowest BCUT2D eigenvalue weighted by Gasteiger charge is -2.49. The minimum atomic E-state index is -0.538. The number of halogens is 1. The van der Waals surface area contributed by atoms with Crippen molar-refractivity contribution in [1.82, 2.24) is 9.78 Å². The average molecular weight is 451 g/mol. The van der Waals surface area contributed by atoms with Gasteiger partial charge in [0.25, 0.3) is 0 Å². The van der Waals surface area contributed by atoms with E-state index in [-0.39, 0.29) is 29.1 Å². The normalized spacial score (nSPS) is 27.9. The second-order valence-corrected chi connectivity index (χ2v) is 9.34. The summed E-state index contributed by atoms with van der Waals surface area (Å²) < 4.78 is 25.4. The molecular weight excluding hydrogens is 423 g/mol. The fourth-order valence-corrected chi connectivity index (χ4v) is 6.09. The summed E-state index contributed by atoms with van der Waals surface area (Å²) in [7, 11) is 2.74. The van der Waals surface area contributed by atoms with Crippen LogP contribution in [0.5, 0.6) is 0 Å². The van der Waals surface area contributed by atoms with Gasteiger partial charge in [0.1, 0.15) is 5.82 Å². The molecule has 0 bridgehead atoms. The topological polar surface area (TPSA) is 70.4 Å². The van der Waals surface area contributed by atoms with Crippen molar-refractivity contribution in [3.63, 3.8) is 0 Å². The fraction of sp³-hybridized carbons (Fsp3) is 0.423. The standard InChI is InChI=1S/C26H27FN2O4/c1-26-13-15-14-28-29(18-7-5-17(27)6-8-18)22(15)12-16(26)4-9-19-21(26)11-10-20(24(30)32-2)23(19)25(31)33-3/h5-8,11-12,14,19-20,23H,4,9-10,13H2,1-3H3/t19?,20-,23-,26+/m1/s1. The third kappa shape index (κ3) is 3.33. The van der Waals surface area contributed by atoms with Crippen LogP contribution in [0.3, 0.4) is 0 Å².